The molecule has 1 aliphatic rings. The van der Waals surface area contributed by atoms with Gasteiger partial charge in [0.25, 0.3) is 5.91 Å². The molecule has 1 aromatic rings. The van der Waals surface area contributed by atoms with Crippen molar-refractivity contribution in [3.05, 3.63) is 35.1 Å². The van der Waals surface area contributed by atoms with Crippen molar-refractivity contribution in [2.75, 3.05) is 26.8 Å². The molecule has 1 heterocycles. The molecule has 0 N–H and O–H groups in total. The van der Waals surface area contributed by atoms with Gasteiger partial charge in [-0.3, -0.25) is 9.59 Å². The molecule has 0 aliphatic carbocycles. The van der Waals surface area contributed by atoms with E-state index in [9.17, 15) is 14.0 Å². The van der Waals surface area contributed by atoms with Gasteiger partial charge in [-0.15, -0.1) is 0 Å². The largest absolute Gasteiger partial charge is 0.469 e. The Morgan fingerprint density at radius 1 is 1.48 bits per heavy atom. The van der Waals surface area contributed by atoms with Crippen molar-refractivity contribution in [3.8, 4) is 0 Å². The van der Waals surface area contributed by atoms with Gasteiger partial charge in [-0.2, -0.15) is 0 Å². The van der Waals surface area contributed by atoms with Crippen LogP contribution < -0.4 is 0 Å². The lowest BCUT2D eigenvalue weighted by molar-refractivity contribution is -0.145. The molecule has 1 unspecified atom stereocenters. The SMILES string of the molecule is COC(=O)CC1CN(C(=O)c2cccc(C)c2F)CCO1. The maximum Gasteiger partial charge on any atom is 0.308 e. The summed E-state index contributed by atoms with van der Waals surface area (Å²) in [7, 11) is 1.30. The number of methoxy groups -OCH3 is 1. The van der Waals surface area contributed by atoms with Crippen LogP contribution in [0.4, 0.5) is 4.39 Å². The zero-order valence-electron chi connectivity index (χ0n) is 12.1. The number of carbonyl (C=O) groups excluding carboxylic acids is 2. The predicted molar refractivity (Wildman–Crippen MR) is 73.4 cm³/mol. The second kappa shape index (κ2) is 6.67. The molecule has 114 valence electrons. The van der Waals surface area contributed by atoms with Crippen molar-refractivity contribution < 1.29 is 23.5 Å². The van der Waals surface area contributed by atoms with E-state index in [2.05, 4.69) is 4.74 Å². The molecule has 1 atom stereocenters. The van der Waals surface area contributed by atoms with Gasteiger partial charge in [0.05, 0.1) is 31.8 Å². The maximum absolute atomic E-state index is 14.0. The van der Waals surface area contributed by atoms with Crippen LogP contribution in [0, 0.1) is 12.7 Å². The third-order valence-corrected chi connectivity index (χ3v) is 3.47. The molecule has 5 nitrogen and oxygen atoms in total. The molecule has 0 aromatic heterocycles. The Kier molecular flexibility index (Phi) is 4.90. The van der Waals surface area contributed by atoms with Gasteiger partial charge < -0.3 is 14.4 Å². The zero-order valence-corrected chi connectivity index (χ0v) is 12.1. The molecule has 0 radical (unpaired) electrons. The summed E-state index contributed by atoms with van der Waals surface area (Å²) >= 11 is 0. The van der Waals surface area contributed by atoms with Gasteiger partial charge in [0.15, 0.2) is 0 Å². The average Bonchev–Trinajstić information content (AvgIpc) is 2.49. The van der Waals surface area contributed by atoms with Crippen LogP contribution in [0.2, 0.25) is 0 Å². The molecule has 1 fully saturated rings. The van der Waals surface area contributed by atoms with Crippen molar-refractivity contribution >= 4 is 11.9 Å². The number of amides is 1. The third-order valence-electron chi connectivity index (χ3n) is 3.47. The lowest BCUT2D eigenvalue weighted by Gasteiger charge is -2.32. The number of aryl methyl sites for hydroxylation is 1. The van der Waals surface area contributed by atoms with Crippen LogP contribution in [-0.2, 0) is 14.3 Å². The highest BCUT2D eigenvalue weighted by molar-refractivity contribution is 5.94. The molecule has 1 saturated heterocycles. The topological polar surface area (TPSA) is 55.8 Å². The molecule has 2 rings (SSSR count). The molecule has 6 heteroatoms. The van der Waals surface area contributed by atoms with E-state index in [-0.39, 0.29) is 24.4 Å². The summed E-state index contributed by atoms with van der Waals surface area (Å²) in [4.78, 5) is 25.2. The first kappa shape index (κ1) is 15.4. The third kappa shape index (κ3) is 3.58. The van der Waals surface area contributed by atoms with Crippen LogP contribution in [0.1, 0.15) is 22.3 Å². The standard InChI is InChI=1S/C15H18FNO4/c1-10-4-3-5-12(14(10)16)15(19)17-6-7-21-11(9-17)8-13(18)20-2/h3-5,11H,6-9H2,1-2H3. The number of rotatable bonds is 3. The summed E-state index contributed by atoms with van der Waals surface area (Å²) in [6.45, 7) is 2.57. The van der Waals surface area contributed by atoms with Crippen molar-refractivity contribution in [2.45, 2.75) is 19.4 Å². The van der Waals surface area contributed by atoms with Crippen LogP contribution in [-0.4, -0.2) is 49.7 Å². The molecule has 1 aliphatic heterocycles. The highest BCUT2D eigenvalue weighted by atomic mass is 19.1. The highest BCUT2D eigenvalue weighted by Crippen LogP contribution is 2.17. The van der Waals surface area contributed by atoms with E-state index >= 15 is 0 Å². The Morgan fingerprint density at radius 2 is 2.24 bits per heavy atom. The fraction of sp³-hybridized carbons (Fsp3) is 0.467. The maximum atomic E-state index is 14.0. The number of halogens is 1. The number of nitrogens with zero attached hydrogens (tertiary/aromatic N) is 1. The van der Waals surface area contributed by atoms with Gasteiger partial charge in [0.1, 0.15) is 5.82 Å². The van der Waals surface area contributed by atoms with E-state index in [0.717, 1.165) is 0 Å². The summed E-state index contributed by atoms with van der Waals surface area (Å²) in [5, 5.41) is 0. The van der Waals surface area contributed by atoms with Crippen LogP contribution >= 0.6 is 0 Å². The number of hydrogen-bond acceptors (Lipinski definition) is 4. The minimum Gasteiger partial charge on any atom is -0.469 e. The molecule has 1 aromatic carbocycles. The van der Waals surface area contributed by atoms with Gasteiger partial charge >= 0.3 is 5.97 Å². The van der Waals surface area contributed by atoms with Gasteiger partial charge in [0, 0.05) is 13.1 Å². The van der Waals surface area contributed by atoms with E-state index in [4.69, 9.17) is 4.74 Å². The van der Waals surface area contributed by atoms with E-state index in [1.165, 1.54) is 18.1 Å². The molecule has 1 amide bonds. The molecular weight excluding hydrogens is 277 g/mol. The second-order valence-electron chi connectivity index (χ2n) is 4.96. The number of benzene rings is 1. The number of hydrogen-bond donors (Lipinski definition) is 0. The van der Waals surface area contributed by atoms with Crippen LogP contribution in [0.3, 0.4) is 0 Å². The Bertz CT molecular complexity index is 546. The van der Waals surface area contributed by atoms with Gasteiger partial charge in [-0.05, 0) is 18.6 Å². The summed E-state index contributed by atoms with van der Waals surface area (Å²) in [6.07, 6.45) is -0.334. The summed E-state index contributed by atoms with van der Waals surface area (Å²) in [5.41, 5.74) is 0.480. The fourth-order valence-electron chi connectivity index (χ4n) is 2.28. The zero-order chi connectivity index (χ0) is 15.4. The minimum atomic E-state index is -0.501. The fourth-order valence-corrected chi connectivity index (χ4v) is 2.28. The first-order valence-electron chi connectivity index (χ1n) is 6.75. The minimum absolute atomic E-state index is 0.0497. The number of carbonyl (C=O) groups is 2. The van der Waals surface area contributed by atoms with Crippen LogP contribution in [0.15, 0.2) is 18.2 Å². The number of morpholine rings is 1. The number of ether oxygens (including phenoxy) is 2. The first-order valence-corrected chi connectivity index (χ1v) is 6.75. The Hall–Kier alpha value is -1.95. The molecule has 0 bridgehead atoms. The van der Waals surface area contributed by atoms with Crippen molar-refractivity contribution in [1.82, 2.24) is 4.90 Å². The lowest BCUT2D eigenvalue weighted by Crippen LogP contribution is -2.46. The number of esters is 1. The Morgan fingerprint density at radius 3 is 2.95 bits per heavy atom. The molecule has 0 spiro atoms. The second-order valence-corrected chi connectivity index (χ2v) is 4.96. The van der Waals surface area contributed by atoms with E-state index in [1.807, 2.05) is 0 Å². The highest BCUT2D eigenvalue weighted by Gasteiger charge is 2.28. The Labute approximate surface area is 122 Å². The molecule has 21 heavy (non-hydrogen) atoms. The van der Waals surface area contributed by atoms with Gasteiger partial charge in [-0.25, -0.2) is 4.39 Å². The monoisotopic (exact) mass is 295 g/mol. The smallest absolute Gasteiger partial charge is 0.308 e. The van der Waals surface area contributed by atoms with Crippen LogP contribution in [0.5, 0.6) is 0 Å². The molecule has 0 saturated carbocycles. The van der Waals surface area contributed by atoms with Gasteiger partial charge in [0.2, 0.25) is 0 Å². The first-order chi connectivity index (χ1) is 10.0. The van der Waals surface area contributed by atoms with Crippen molar-refractivity contribution in [2.24, 2.45) is 0 Å². The normalized spacial score (nSPS) is 18.4. The Balaban J connectivity index is 2.08. The van der Waals surface area contributed by atoms with Gasteiger partial charge in [-0.1, -0.05) is 12.1 Å². The van der Waals surface area contributed by atoms with E-state index < -0.39 is 17.9 Å². The summed E-state index contributed by atoms with van der Waals surface area (Å²) in [5.74, 6) is -1.27. The van der Waals surface area contributed by atoms with Crippen molar-refractivity contribution in [1.29, 1.82) is 0 Å². The summed E-state index contributed by atoms with van der Waals surface area (Å²) in [6, 6.07) is 4.74. The molecular formula is C15H18FNO4. The predicted octanol–water partition coefficient (Wildman–Crippen LogP) is 1.54. The van der Waals surface area contributed by atoms with E-state index in [1.54, 1.807) is 19.1 Å². The quantitative estimate of drug-likeness (QED) is 0.794. The lowest BCUT2D eigenvalue weighted by atomic mass is 10.1. The summed E-state index contributed by atoms with van der Waals surface area (Å²) < 4.78 is 24.0. The van der Waals surface area contributed by atoms with Crippen LogP contribution in [0.25, 0.3) is 0 Å². The van der Waals surface area contributed by atoms with E-state index in [0.29, 0.717) is 18.7 Å². The average molecular weight is 295 g/mol. The van der Waals surface area contributed by atoms with Crippen molar-refractivity contribution in [3.63, 3.8) is 0 Å².